The first-order chi connectivity index (χ1) is 14.9. The number of carbonyl (C=O) groups is 5. The van der Waals surface area contributed by atoms with Crippen LogP contribution in [0.15, 0.2) is 0 Å². The van der Waals surface area contributed by atoms with Gasteiger partial charge in [0.05, 0.1) is 12.1 Å². The summed E-state index contributed by atoms with van der Waals surface area (Å²) in [7, 11) is 0. The first-order valence-electron chi connectivity index (χ1n) is 10.7. The lowest BCUT2D eigenvalue weighted by atomic mass is 9.98. The zero-order valence-electron chi connectivity index (χ0n) is 18.6. The number of nitrogens with zero attached hydrogens (tertiary/aromatic N) is 1. The highest BCUT2D eigenvalue weighted by Crippen LogP contribution is 2.21. The van der Waals surface area contributed by atoms with E-state index in [1.165, 1.54) is 11.8 Å². The Kier molecular flexibility index (Phi) is 10.5. The Bertz CT molecular complexity index is 714. The Balaban J connectivity index is 2.96. The van der Waals surface area contributed by atoms with E-state index >= 15 is 0 Å². The van der Waals surface area contributed by atoms with Gasteiger partial charge in [-0.2, -0.15) is 0 Å². The van der Waals surface area contributed by atoms with E-state index in [1.807, 2.05) is 13.8 Å². The number of likely N-dealkylation sites (tertiary alicyclic amines) is 1. The Hall–Kier alpha value is -2.73. The summed E-state index contributed by atoms with van der Waals surface area (Å²) >= 11 is 0. The Morgan fingerprint density at radius 2 is 1.75 bits per heavy atom. The van der Waals surface area contributed by atoms with Gasteiger partial charge in [-0.05, 0) is 32.1 Å². The summed E-state index contributed by atoms with van der Waals surface area (Å²) in [5.74, 6) is -4.75. The van der Waals surface area contributed by atoms with Crippen LogP contribution in [0.1, 0.15) is 52.9 Å². The lowest BCUT2D eigenvalue weighted by Crippen LogP contribution is -2.58. The van der Waals surface area contributed by atoms with Gasteiger partial charge in [0.25, 0.3) is 0 Å². The third-order valence-electron chi connectivity index (χ3n) is 5.71. The van der Waals surface area contributed by atoms with Gasteiger partial charge < -0.3 is 36.6 Å². The summed E-state index contributed by atoms with van der Waals surface area (Å²) in [6.07, 6.45) is -0.584. The molecule has 182 valence electrons. The monoisotopic (exact) mass is 458 g/mol. The molecule has 0 aromatic heterocycles. The van der Waals surface area contributed by atoms with Crippen LogP contribution in [0.25, 0.3) is 0 Å². The van der Waals surface area contributed by atoms with Gasteiger partial charge in [-0.15, -0.1) is 0 Å². The molecule has 1 fully saturated rings. The number of aliphatic hydroxyl groups is 1. The highest BCUT2D eigenvalue weighted by molar-refractivity contribution is 5.94. The Morgan fingerprint density at radius 3 is 2.25 bits per heavy atom. The van der Waals surface area contributed by atoms with Crippen molar-refractivity contribution in [1.29, 1.82) is 0 Å². The number of nitrogens with one attached hydrogen (secondary N) is 2. The lowest BCUT2D eigenvalue weighted by molar-refractivity contribution is -0.146. The maximum atomic E-state index is 12.9. The molecule has 6 unspecified atom stereocenters. The van der Waals surface area contributed by atoms with Gasteiger partial charge in [0.1, 0.15) is 12.1 Å². The predicted molar refractivity (Wildman–Crippen MR) is 112 cm³/mol. The zero-order valence-corrected chi connectivity index (χ0v) is 18.6. The second-order valence-corrected chi connectivity index (χ2v) is 8.16. The molecule has 7 N–H and O–H groups in total. The van der Waals surface area contributed by atoms with Gasteiger partial charge >= 0.3 is 11.9 Å². The predicted octanol–water partition coefficient (Wildman–Crippen LogP) is -1.35. The van der Waals surface area contributed by atoms with Crippen molar-refractivity contribution in [3.63, 3.8) is 0 Å². The second-order valence-electron chi connectivity index (χ2n) is 8.16. The van der Waals surface area contributed by atoms with Crippen LogP contribution in [0.4, 0.5) is 0 Å². The molecule has 12 nitrogen and oxygen atoms in total. The normalized spacial score (nSPS) is 20.5. The molecule has 3 amide bonds. The molecule has 0 aromatic rings. The van der Waals surface area contributed by atoms with Crippen LogP contribution in [-0.2, 0) is 24.0 Å². The van der Waals surface area contributed by atoms with Gasteiger partial charge in [-0.3, -0.25) is 19.2 Å². The molecule has 12 heteroatoms. The molecular formula is C20H34N4O8. The minimum Gasteiger partial charge on any atom is -0.481 e. The number of hydrogen-bond donors (Lipinski definition) is 6. The average Bonchev–Trinajstić information content (AvgIpc) is 3.22. The topological polar surface area (TPSA) is 199 Å². The number of aliphatic hydroxyl groups excluding tert-OH is 1. The minimum absolute atomic E-state index is 0.0886. The molecule has 0 saturated carbocycles. The molecule has 1 heterocycles. The molecule has 0 aromatic carbocycles. The molecule has 32 heavy (non-hydrogen) atoms. The van der Waals surface area contributed by atoms with Gasteiger partial charge in [0.15, 0.2) is 6.04 Å². The van der Waals surface area contributed by atoms with E-state index in [0.29, 0.717) is 25.8 Å². The van der Waals surface area contributed by atoms with Crippen LogP contribution >= 0.6 is 0 Å². The maximum Gasteiger partial charge on any atom is 0.328 e. The van der Waals surface area contributed by atoms with Crippen molar-refractivity contribution >= 4 is 29.7 Å². The molecule has 0 aliphatic carbocycles. The van der Waals surface area contributed by atoms with Crippen LogP contribution in [0, 0.1) is 5.92 Å². The van der Waals surface area contributed by atoms with Crippen molar-refractivity contribution in [2.24, 2.45) is 11.7 Å². The minimum atomic E-state index is -1.63. The lowest BCUT2D eigenvalue weighted by Gasteiger charge is -2.30. The number of nitrogens with two attached hydrogens (primary N) is 1. The summed E-state index contributed by atoms with van der Waals surface area (Å²) in [6.45, 7) is 5.24. The summed E-state index contributed by atoms with van der Waals surface area (Å²) in [5, 5.41) is 32.2. The molecular weight excluding hydrogens is 424 g/mol. The fraction of sp³-hybridized carbons (Fsp3) is 0.750. The fourth-order valence-electron chi connectivity index (χ4n) is 3.44. The third kappa shape index (κ3) is 7.45. The first-order valence-corrected chi connectivity index (χ1v) is 10.7. The van der Waals surface area contributed by atoms with Crippen molar-refractivity contribution in [3.05, 3.63) is 0 Å². The molecule has 1 saturated heterocycles. The van der Waals surface area contributed by atoms with Gasteiger partial charge in [0.2, 0.25) is 17.7 Å². The summed E-state index contributed by atoms with van der Waals surface area (Å²) in [5.41, 5.74) is 6.02. The van der Waals surface area contributed by atoms with E-state index in [9.17, 15) is 29.1 Å². The van der Waals surface area contributed by atoms with E-state index in [2.05, 4.69) is 10.6 Å². The highest BCUT2D eigenvalue weighted by Gasteiger charge is 2.39. The van der Waals surface area contributed by atoms with Crippen LogP contribution in [-0.4, -0.2) is 86.7 Å². The smallest absolute Gasteiger partial charge is 0.328 e. The number of aliphatic carboxylic acids is 2. The van der Waals surface area contributed by atoms with E-state index in [-0.39, 0.29) is 18.2 Å². The molecule has 6 atom stereocenters. The van der Waals surface area contributed by atoms with Crippen LogP contribution < -0.4 is 16.4 Å². The van der Waals surface area contributed by atoms with Crippen LogP contribution in [0.3, 0.4) is 0 Å². The number of amides is 3. The quantitative estimate of drug-likeness (QED) is 0.204. The zero-order chi connectivity index (χ0) is 24.6. The molecule has 0 radical (unpaired) electrons. The van der Waals surface area contributed by atoms with Crippen molar-refractivity contribution in [2.45, 2.75) is 83.1 Å². The third-order valence-corrected chi connectivity index (χ3v) is 5.71. The van der Waals surface area contributed by atoms with E-state index in [1.54, 1.807) is 0 Å². The SMILES string of the molecule is CCC(C)C(N)C(=O)N1CCCC1C(=O)NC(CCC(=O)O)C(=O)NC(C(=O)O)C(C)O. The maximum absolute atomic E-state index is 12.9. The Morgan fingerprint density at radius 1 is 1.12 bits per heavy atom. The van der Waals surface area contributed by atoms with Crippen LogP contribution in [0.2, 0.25) is 0 Å². The molecule has 1 aliphatic rings. The first kappa shape index (κ1) is 27.3. The second kappa shape index (κ2) is 12.3. The largest absolute Gasteiger partial charge is 0.481 e. The molecule has 1 rings (SSSR count). The summed E-state index contributed by atoms with van der Waals surface area (Å²) in [6, 6.07) is -4.64. The van der Waals surface area contributed by atoms with Gasteiger partial charge in [0, 0.05) is 13.0 Å². The standard InChI is InChI=1S/C20H34N4O8/c1-4-10(2)15(21)19(30)24-9-5-6-13(24)18(29)22-12(7-8-14(26)27)17(28)23-16(11(3)25)20(31)32/h10-13,15-16,25H,4-9,21H2,1-3H3,(H,22,29)(H,23,28)(H,26,27)(H,31,32). The van der Waals surface area contributed by atoms with E-state index in [4.69, 9.17) is 15.9 Å². The fourth-order valence-corrected chi connectivity index (χ4v) is 3.44. The number of carboxylic acids is 2. The van der Waals surface area contributed by atoms with Crippen molar-refractivity contribution in [3.8, 4) is 0 Å². The highest BCUT2D eigenvalue weighted by atomic mass is 16.4. The van der Waals surface area contributed by atoms with E-state index < -0.39 is 60.4 Å². The molecule has 0 spiro atoms. The van der Waals surface area contributed by atoms with Gasteiger partial charge in [-0.25, -0.2) is 4.79 Å². The number of carboxylic acid groups (broad SMARTS) is 2. The van der Waals surface area contributed by atoms with Crippen LogP contribution in [0.5, 0.6) is 0 Å². The number of rotatable bonds is 12. The van der Waals surface area contributed by atoms with Crippen molar-refractivity contribution in [1.82, 2.24) is 15.5 Å². The Labute approximate surface area is 186 Å². The molecule has 1 aliphatic heterocycles. The summed E-state index contributed by atoms with van der Waals surface area (Å²) < 4.78 is 0. The number of carbonyl (C=O) groups excluding carboxylic acids is 3. The van der Waals surface area contributed by atoms with E-state index in [0.717, 1.165) is 0 Å². The van der Waals surface area contributed by atoms with Crippen molar-refractivity contribution in [2.75, 3.05) is 6.54 Å². The molecule has 0 bridgehead atoms. The average molecular weight is 459 g/mol. The number of hydrogen-bond acceptors (Lipinski definition) is 7. The summed E-state index contributed by atoms with van der Waals surface area (Å²) in [4.78, 5) is 61.8. The van der Waals surface area contributed by atoms with Gasteiger partial charge in [-0.1, -0.05) is 20.3 Å². The van der Waals surface area contributed by atoms with Crippen molar-refractivity contribution < 1.29 is 39.3 Å².